The van der Waals surface area contributed by atoms with Crippen LogP contribution in [0.3, 0.4) is 0 Å². The second-order valence-corrected chi connectivity index (χ2v) is 6.89. The molecule has 1 saturated heterocycles. The van der Waals surface area contributed by atoms with E-state index in [2.05, 4.69) is 15.0 Å². The molecule has 0 aliphatic carbocycles. The lowest BCUT2D eigenvalue weighted by Crippen LogP contribution is -2.38. The number of hydrogen-bond acceptors (Lipinski definition) is 9. The SMILES string of the molecule is CN(C/C=C\CN)C[C@H]1O[C@@H](n2cnc3c(N(C)C)ncnc32)[C@H](O)[C@@H]1O. The maximum atomic E-state index is 10.5. The van der Waals surface area contributed by atoms with Gasteiger partial charge in [0.05, 0.1) is 6.33 Å². The maximum absolute atomic E-state index is 10.5. The van der Waals surface area contributed by atoms with Gasteiger partial charge in [-0.25, -0.2) is 15.0 Å². The van der Waals surface area contributed by atoms with Crippen molar-refractivity contribution in [2.75, 3.05) is 45.7 Å². The predicted molar refractivity (Wildman–Crippen MR) is 101 cm³/mol. The van der Waals surface area contributed by atoms with Crippen LogP contribution in [0, 0.1) is 0 Å². The van der Waals surface area contributed by atoms with Crippen LogP contribution < -0.4 is 10.6 Å². The highest BCUT2D eigenvalue weighted by molar-refractivity contribution is 5.83. The summed E-state index contributed by atoms with van der Waals surface area (Å²) in [5.41, 5.74) is 6.60. The molecule has 4 N–H and O–H groups in total. The summed E-state index contributed by atoms with van der Waals surface area (Å²) < 4.78 is 7.62. The third-order valence-corrected chi connectivity index (χ3v) is 4.59. The van der Waals surface area contributed by atoms with E-state index in [0.29, 0.717) is 36.6 Å². The molecule has 1 fully saturated rings. The summed E-state index contributed by atoms with van der Waals surface area (Å²) >= 11 is 0. The highest BCUT2D eigenvalue weighted by atomic mass is 16.6. The van der Waals surface area contributed by atoms with E-state index in [0.717, 1.165) is 0 Å². The van der Waals surface area contributed by atoms with Gasteiger partial charge in [-0.1, -0.05) is 12.2 Å². The van der Waals surface area contributed by atoms with Gasteiger partial charge >= 0.3 is 0 Å². The number of fused-ring (bicyclic) bond motifs is 1. The Morgan fingerprint density at radius 3 is 2.67 bits per heavy atom. The summed E-state index contributed by atoms with van der Waals surface area (Å²) in [5, 5.41) is 21.0. The van der Waals surface area contributed by atoms with Crippen molar-refractivity contribution < 1.29 is 14.9 Å². The molecule has 4 atom stereocenters. The molecule has 0 bridgehead atoms. The summed E-state index contributed by atoms with van der Waals surface area (Å²) in [7, 11) is 5.66. The molecule has 27 heavy (non-hydrogen) atoms. The van der Waals surface area contributed by atoms with Gasteiger partial charge < -0.3 is 30.5 Å². The zero-order valence-electron chi connectivity index (χ0n) is 15.8. The molecule has 1 aliphatic rings. The molecule has 3 rings (SSSR count). The van der Waals surface area contributed by atoms with Crippen molar-refractivity contribution in [3.8, 4) is 0 Å². The molecule has 0 radical (unpaired) electrons. The van der Waals surface area contributed by atoms with Crippen molar-refractivity contribution in [2.45, 2.75) is 24.5 Å². The minimum Gasteiger partial charge on any atom is -0.387 e. The molecule has 2 aromatic rings. The van der Waals surface area contributed by atoms with Crippen LogP contribution in [0.25, 0.3) is 11.2 Å². The van der Waals surface area contributed by atoms with E-state index in [1.807, 2.05) is 43.1 Å². The van der Waals surface area contributed by atoms with Crippen molar-refractivity contribution in [2.24, 2.45) is 5.73 Å². The molecule has 10 heteroatoms. The summed E-state index contributed by atoms with van der Waals surface area (Å²) in [4.78, 5) is 16.7. The zero-order chi connectivity index (χ0) is 19.6. The molecule has 0 amide bonds. The first-order valence-electron chi connectivity index (χ1n) is 8.84. The van der Waals surface area contributed by atoms with E-state index >= 15 is 0 Å². The number of hydrogen-bond donors (Lipinski definition) is 3. The van der Waals surface area contributed by atoms with Crippen molar-refractivity contribution in [1.82, 2.24) is 24.4 Å². The Hall–Kier alpha value is -2.11. The number of imidazole rings is 1. The van der Waals surface area contributed by atoms with Crippen LogP contribution in [-0.4, -0.2) is 93.7 Å². The lowest BCUT2D eigenvalue weighted by molar-refractivity contribution is -0.0414. The Morgan fingerprint density at radius 1 is 1.19 bits per heavy atom. The highest BCUT2D eigenvalue weighted by Gasteiger charge is 2.44. The number of aliphatic hydroxyl groups excluding tert-OH is 2. The molecule has 0 aromatic carbocycles. The number of likely N-dealkylation sites (N-methyl/N-ethyl adjacent to an activating group) is 1. The minimum atomic E-state index is -1.09. The van der Waals surface area contributed by atoms with E-state index in [1.165, 1.54) is 6.33 Å². The number of rotatable bonds is 7. The van der Waals surface area contributed by atoms with Gasteiger partial charge in [0, 0.05) is 33.7 Å². The van der Waals surface area contributed by atoms with E-state index in [1.54, 1.807) is 10.9 Å². The molecular formula is C17H27N7O3. The van der Waals surface area contributed by atoms with Crippen molar-refractivity contribution in [3.05, 3.63) is 24.8 Å². The van der Waals surface area contributed by atoms with Crippen LogP contribution in [0.1, 0.15) is 6.23 Å². The fraction of sp³-hybridized carbons (Fsp3) is 0.588. The van der Waals surface area contributed by atoms with Crippen molar-refractivity contribution in [1.29, 1.82) is 0 Å². The monoisotopic (exact) mass is 377 g/mol. The fourth-order valence-electron chi connectivity index (χ4n) is 3.20. The molecule has 3 heterocycles. The molecule has 148 valence electrons. The van der Waals surface area contributed by atoms with Gasteiger partial charge in [0.2, 0.25) is 0 Å². The Kier molecular flexibility index (Phi) is 6.02. The first-order valence-corrected chi connectivity index (χ1v) is 8.84. The first kappa shape index (κ1) is 19.6. The van der Waals surface area contributed by atoms with Crippen LogP contribution in [0.15, 0.2) is 24.8 Å². The number of ether oxygens (including phenoxy) is 1. The van der Waals surface area contributed by atoms with E-state index in [9.17, 15) is 10.2 Å². The van der Waals surface area contributed by atoms with Gasteiger partial charge in [0.15, 0.2) is 23.2 Å². The molecule has 0 saturated carbocycles. The normalized spacial score (nSPS) is 25.9. The molecule has 0 unspecified atom stereocenters. The number of anilines is 1. The second kappa shape index (κ2) is 8.28. The topological polar surface area (TPSA) is 126 Å². The quantitative estimate of drug-likeness (QED) is 0.519. The maximum Gasteiger partial charge on any atom is 0.167 e. The Morgan fingerprint density at radius 2 is 1.96 bits per heavy atom. The Bertz CT molecular complexity index is 794. The number of nitrogens with two attached hydrogens (primary N) is 1. The van der Waals surface area contributed by atoms with Crippen molar-refractivity contribution >= 4 is 17.0 Å². The summed E-state index contributed by atoms with van der Waals surface area (Å²) in [6.07, 6.45) is 3.44. The van der Waals surface area contributed by atoms with Crippen LogP contribution >= 0.6 is 0 Å². The number of nitrogens with zero attached hydrogens (tertiary/aromatic N) is 6. The summed E-state index contributed by atoms with van der Waals surface area (Å²) in [6, 6.07) is 0. The van der Waals surface area contributed by atoms with Crippen LogP contribution in [0.2, 0.25) is 0 Å². The molecule has 1 aliphatic heterocycles. The van der Waals surface area contributed by atoms with Crippen LogP contribution in [0.5, 0.6) is 0 Å². The fourth-order valence-corrected chi connectivity index (χ4v) is 3.20. The van der Waals surface area contributed by atoms with Gasteiger partial charge in [0.25, 0.3) is 0 Å². The largest absolute Gasteiger partial charge is 0.387 e. The minimum absolute atomic E-state index is 0.466. The average Bonchev–Trinajstić information content (AvgIpc) is 3.18. The van der Waals surface area contributed by atoms with E-state index in [4.69, 9.17) is 10.5 Å². The van der Waals surface area contributed by atoms with E-state index < -0.39 is 24.5 Å². The zero-order valence-corrected chi connectivity index (χ0v) is 15.8. The average molecular weight is 377 g/mol. The molecule has 0 spiro atoms. The van der Waals surface area contributed by atoms with E-state index in [-0.39, 0.29) is 0 Å². The molecule has 2 aromatic heterocycles. The summed E-state index contributed by atoms with van der Waals surface area (Å²) in [5.74, 6) is 0.676. The predicted octanol–water partition coefficient (Wildman–Crippen LogP) is -1.04. The molecule has 10 nitrogen and oxygen atoms in total. The van der Waals surface area contributed by atoms with Crippen molar-refractivity contribution in [3.63, 3.8) is 0 Å². The lowest BCUT2D eigenvalue weighted by Gasteiger charge is -2.21. The standard InChI is InChI=1S/C17H27N7O3/c1-22(2)15-12-16(20-9-19-15)24(10-21-12)17-14(26)13(25)11(27-17)8-23(3)7-5-4-6-18/h4-5,9-11,13-14,17,25-26H,6-8,18H2,1-3H3/b5-4-/t11-,13-,14-,17-/m1/s1. The van der Waals surface area contributed by atoms with Gasteiger partial charge in [-0.15, -0.1) is 0 Å². The third kappa shape index (κ3) is 3.94. The number of aliphatic hydroxyl groups is 2. The first-order chi connectivity index (χ1) is 12.9. The van der Waals surface area contributed by atoms with Gasteiger partial charge in [-0.05, 0) is 7.05 Å². The van der Waals surface area contributed by atoms with Gasteiger partial charge in [0.1, 0.15) is 24.6 Å². The Labute approximate surface area is 157 Å². The van der Waals surface area contributed by atoms with Gasteiger partial charge in [-0.2, -0.15) is 0 Å². The second-order valence-electron chi connectivity index (χ2n) is 6.89. The summed E-state index contributed by atoms with van der Waals surface area (Å²) in [6.45, 7) is 1.63. The smallest absolute Gasteiger partial charge is 0.167 e. The van der Waals surface area contributed by atoms with Crippen LogP contribution in [0.4, 0.5) is 5.82 Å². The lowest BCUT2D eigenvalue weighted by atomic mass is 10.1. The highest BCUT2D eigenvalue weighted by Crippen LogP contribution is 2.32. The Balaban J connectivity index is 1.79. The third-order valence-electron chi connectivity index (χ3n) is 4.59. The van der Waals surface area contributed by atoms with Gasteiger partial charge in [-0.3, -0.25) is 4.57 Å². The van der Waals surface area contributed by atoms with Crippen LogP contribution in [-0.2, 0) is 4.74 Å². The number of aromatic nitrogens is 4. The molecular weight excluding hydrogens is 350 g/mol.